The maximum Gasteiger partial charge on any atom is 0.326 e. The molecule has 0 aliphatic rings. The van der Waals surface area contributed by atoms with E-state index < -0.39 is 17.9 Å². The van der Waals surface area contributed by atoms with Crippen LogP contribution in [0.2, 0.25) is 0 Å². The Morgan fingerprint density at radius 3 is 2.64 bits per heavy atom. The Labute approximate surface area is 129 Å². The van der Waals surface area contributed by atoms with E-state index >= 15 is 0 Å². The average Bonchev–Trinajstić information content (AvgIpc) is 2.49. The van der Waals surface area contributed by atoms with Gasteiger partial charge in [-0.2, -0.15) is 0 Å². The van der Waals surface area contributed by atoms with Gasteiger partial charge in [-0.15, -0.1) is 0 Å². The monoisotopic (exact) mass is 307 g/mol. The first kappa shape index (κ1) is 17.7. The van der Waals surface area contributed by atoms with Crippen LogP contribution < -0.4 is 10.1 Å². The molecule has 1 rings (SSSR count). The molecule has 6 nitrogen and oxygen atoms in total. The Hall–Kier alpha value is -2.37. The van der Waals surface area contributed by atoms with Crippen molar-refractivity contribution in [3.8, 4) is 5.75 Å². The van der Waals surface area contributed by atoms with Crippen LogP contribution in [0.3, 0.4) is 0 Å². The molecule has 0 aliphatic carbocycles. The number of carboxylic acid groups (broad SMARTS) is 1. The van der Waals surface area contributed by atoms with Crippen molar-refractivity contribution in [2.24, 2.45) is 0 Å². The normalized spacial score (nSPS) is 11.5. The molecule has 0 fully saturated rings. The van der Waals surface area contributed by atoms with Gasteiger partial charge in [-0.25, -0.2) is 4.79 Å². The van der Waals surface area contributed by atoms with Crippen LogP contribution in [0.1, 0.15) is 43.5 Å². The Morgan fingerprint density at radius 1 is 1.32 bits per heavy atom. The predicted molar refractivity (Wildman–Crippen MR) is 81.0 cm³/mol. The summed E-state index contributed by atoms with van der Waals surface area (Å²) in [5, 5.41) is 11.5. The van der Waals surface area contributed by atoms with Gasteiger partial charge < -0.3 is 15.2 Å². The second-order valence-corrected chi connectivity index (χ2v) is 4.97. The standard InChI is InChI=1S/C16H21NO5/c1-3-4-8-14(16(20)21)17-15(19)10-22-13-7-5-6-12(9-13)11(2)18/h5-7,9,14H,3-4,8,10H2,1-2H3,(H,17,19)(H,20,21). The van der Waals surface area contributed by atoms with Gasteiger partial charge in [0, 0.05) is 5.56 Å². The van der Waals surface area contributed by atoms with Gasteiger partial charge in [0.1, 0.15) is 11.8 Å². The van der Waals surface area contributed by atoms with Gasteiger partial charge in [-0.3, -0.25) is 9.59 Å². The summed E-state index contributed by atoms with van der Waals surface area (Å²) in [6.07, 6.45) is 1.96. The second kappa shape index (κ2) is 8.81. The van der Waals surface area contributed by atoms with Gasteiger partial charge in [0.25, 0.3) is 5.91 Å². The number of Topliss-reactive ketones (excluding diaryl/α,β-unsaturated/α-hetero) is 1. The van der Waals surface area contributed by atoms with E-state index in [4.69, 9.17) is 9.84 Å². The van der Waals surface area contributed by atoms with Crippen molar-refractivity contribution < 1.29 is 24.2 Å². The molecule has 1 atom stereocenters. The molecule has 1 aromatic carbocycles. The lowest BCUT2D eigenvalue weighted by atomic mass is 10.1. The highest BCUT2D eigenvalue weighted by atomic mass is 16.5. The number of aliphatic carboxylic acids is 1. The molecule has 1 unspecified atom stereocenters. The lowest BCUT2D eigenvalue weighted by molar-refractivity contribution is -0.142. The number of benzene rings is 1. The van der Waals surface area contributed by atoms with Crippen LogP contribution in [0, 0.1) is 0 Å². The molecule has 1 aromatic rings. The van der Waals surface area contributed by atoms with Crippen LogP contribution in [0.15, 0.2) is 24.3 Å². The SMILES string of the molecule is CCCCC(NC(=O)COc1cccc(C(C)=O)c1)C(=O)O. The molecule has 0 radical (unpaired) electrons. The van der Waals surface area contributed by atoms with Crippen molar-refractivity contribution in [2.45, 2.75) is 39.2 Å². The van der Waals surface area contributed by atoms with E-state index in [1.807, 2.05) is 6.92 Å². The van der Waals surface area contributed by atoms with E-state index in [1.54, 1.807) is 24.3 Å². The van der Waals surface area contributed by atoms with E-state index in [9.17, 15) is 14.4 Å². The van der Waals surface area contributed by atoms with Gasteiger partial charge in [0.15, 0.2) is 12.4 Å². The molecule has 1 amide bonds. The molecule has 2 N–H and O–H groups in total. The molecular weight excluding hydrogens is 286 g/mol. The van der Waals surface area contributed by atoms with Crippen LogP contribution in [-0.2, 0) is 9.59 Å². The van der Waals surface area contributed by atoms with E-state index in [-0.39, 0.29) is 12.4 Å². The highest BCUT2D eigenvalue weighted by Crippen LogP contribution is 2.13. The number of rotatable bonds is 9. The molecule has 0 aromatic heterocycles. The predicted octanol–water partition coefficient (Wildman–Crippen LogP) is 2.03. The fourth-order valence-corrected chi connectivity index (χ4v) is 1.86. The third kappa shape index (κ3) is 5.95. The first-order chi connectivity index (χ1) is 10.4. The maximum atomic E-state index is 11.7. The van der Waals surface area contributed by atoms with Gasteiger partial charge in [-0.1, -0.05) is 31.9 Å². The van der Waals surface area contributed by atoms with Crippen LogP contribution in [-0.4, -0.2) is 35.4 Å². The summed E-state index contributed by atoms with van der Waals surface area (Å²) in [5.41, 5.74) is 0.490. The van der Waals surface area contributed by atoms with Crippen molar-refractivity contribution in [3.63, 3.8) is 0 Å². The van der Waals surface area contributed by atoms with Crippen LogP contribution in [0.4, 0.5) is 0 Å². The molecule has 22 heavy (non-hydrogen) atoms. The second-order valence-electron chi connectivity index (χ2n) is 4.97. The first-order valence-electron chi connectivity index (χ1n) is 7.20. The molecule has 0 heterocycles. The number of unbranched alkanes of at least 4 members (excludes halogenated alkanes) is 1. The maximum absolute atomic E-state index is 11.7. The number of hydrogen-bond donors (Lipinski definition) is 2. The molecule has 0 saturated heterocycles. The number of ether oxygens (including phenoxy) is 1. The number of ketones is 1. The van der Waals surface area contributed by atoms with Crippen molar-refractivity contribution in [1.82, 2.24) is 5.32 Å². The van der Waals surface area contributed by atoms with E-state index in [0.29, 0.717) is 17.7 Å². The highest BCUT2D eigenvalue weighted by Gasteiger charge is 2.19. The number of carbonyl (C=O) groups is 3. The lowest BCUT2D eigenvalue weighted by Gasteiger charge is -2.14. The van der Waals surface area contributed by atoms with E-state index in [1.165, 1.54) is 6.92 Å². The molecule has 120 valence electrons. The van der Waals surface area contributed by atoms with Crippen molar-refractivity contribution in [3.05, 3.63) is 29.8 Å². The number of carbonyl (C=O) groups excluding carboxylic acids is 2. The number of hydrogen-bond acceptors (Lipinski definition) is 4. The summed E-state index contributed by atoms with van der Waals surface area (Å²) in [4.78, 5) is 34.0. The summed E-state index contributed by atoms with van der Waals surface area (Å²) in [5.74, 6) is -1.26. The Morgan fingerprint density at radius 2 is 2.05 bits per heavy atom. The largest absolute Gasteiger partial charge is 0.484 e. The molecule has 0 saturated carbocycles. The van der Waals surface area contributed by atoms with Crippen LogP contribution in [0.25, 0.3) is 0 Å². The first-order valence-corrected chi connectivity index (χ1v) is 7.20. The zero-order chi connectivity index (χ0) is 16.5. The summed E-state index contributed by atoms with van der Waals surface area (Å²) < 4.78 is 5.29. The number of carboxylic acids is 1. The van der Waals surface area contributed by atoms with Gasteiger partial charge >= 0.3 is 5.97 Å². The minimum atomic E-state index is -1.06. The van der Waals surface area contributed by atoms with Gasteiger partial charge in [0.2, 0.25) is 0 Å². The average molecular weight is 307 g/mol. The Balaban J connectivity index is 2.52. The van der Waals surface area contributed by atoms with Crippen molar-refractivity contribution in [2.75, 3.05) is 6.61 Å². The molecular formula is C16H21NO5. The minimum Gasteiger partial charge on any atom is -0.484 e. The molecule has 0 aliphatic heterocycles. The Kier molecular flexibility index (Phi) is 7.08. The molecule has 6 heteroatoms. The van der Waals surface area contributed by atoms with Gasteiger partial charge in [-0.05, 0) is 25.5 Å². The summed E-state index contributed by atoms with van der Waals surface area (Å²) in [6.45, 7) is 3.10. The third-order valence-electron chi connectivity index (χ3n) is 3.09. The quantitative estimate of drug-likeness (QED) is 0.681. The minimum absolute atomic E-state index is 0.0968. The summed E-state index contributed by atoms with van der Waals surface area (Å²) >= 11 is 0. The van der Waals surface area contributed by atoms with E-state index in [2.05, 4.69) is 5.32 Å². The van der Waals surface area contributed by atoms with E-state index in [0.717, 1.165) is 12.8 Å². The van der Waals surface area contributed by atoms with Crippen molar-refractivity contribution in [1.29, 1.82) is 0 Å². The summed E-state index contributed by atoms with van der Waals surface area (Å²) in [6, 6.07) is 5.58. The van der Waals surface area contributed by atoms with Crippen molar-refractivity contribution >= 4 is 17.7 Å². The number of nitrogens with one attached hydrogen (secondary N) is 1. The summed E-state index contributed by atoms with van der Waals surface area (Å²) in [7, 11) is 0. The van der Waals surface area contributed by atoms with Gasteiger partial charge in [0.05, 0.1) is 0 Å². The highest BCUT2D eigenvalue weighted by molar-refractivity contribution is 5.94. The van der Waals surface area contributed by atoms with Crippen LogP contribution >= 0.6 is 0 Å². The van der Waals surface area contributed by atoms with Crippen LogP contribution in [0.5, 0.6) is 5.75 Å². The molecule has 0 spiro atoms. The zero-order valence-corrected chi connectivity index (χ0v) is 12.8. The topological polar surface area (TPSA) is 92.7 Å². The smallest absolute Gasteiger partial charge is 0.326 e. The third-order valence-corrected chi connectivity index (χ3v) is 3.09. The molecule has 0 bridgehead atoms. The lowest BCUT2D eigenvalue weighted by Crippen LogP contribution is -2.42. The fraction of sp³-hybridized carbons (Fsp3) is 0.438. The fourth-order valence-electron chi connectivity index (χ4n) is 1.86. The zero-order valence-electron chi connectivity index (χ0n) is 12.8. The number of amides is 1. The Bertz CT molecular complexity index is 541.